The summed E-state index contributed by atoms with van der Waals surface area (Å²) < 4.78 is 6.57. The van der Waals surface area contributed by atoms with Crippen LogP contribution >= 0.6 is 15.9 Å². The maximum Gasteiger partial charge on any atom is 0.226 e. The predicted octanol–water partition coefficient (Wildman–Crippen LogP) is 3.20. The molecule has 0 bridgehead atoms. The standard InChI is InChI=1S/C12H12BrNO2/c1-8(7-15)11-6-14-12(16-11)9-3-2-4-10(13)5-9/h2-6,8,15H,7H2,1H3. The Morgan fingerprint density at radius 3 is 3.00 bits per heavy atom. The van der Waals surface area contributed by atoms with E-state index in [1.54, 1.807) is 6.20 Å². The van der Waals surface area contributed by atoms with Gasteiger partial charge >= 0.3 is 0 Å². The lowest BCUT2D eigenvalue weighted by Gasteiger charge is -2.01. The lowest BCUT2D eigenvalue weighted by Crippen LogP contribution is -1.96. The van der Waals surface area contributed by atoms with Gasteiger partial charge in [-0.2, -0.15) is 0 Å². The number of nitrogens with zero attached hydrogens (tertiary/aromatic N) is 1. The molecule has 1 N–H and O–H groups in total. The van der Waals surface area contributed by atoms with E-state index < -0.39 is 0 Å². The molecule has 0 spiro atoms. The van der Waals surface area contributed by atoms with E-state index in [-0.39, 0.29) is 12.5 Å². The Morgan fingerprint density at radius 2 is 2.31 bits per heavy atom. The Kier molecular flexibility index (Phi) is 3.41. The fourth-order valence-electron chi connectivity index (χ4n) is 1.36. The summed E-state index contributed by atoms with van der Waals surface area (Å²) in [5.41, 5.74) is 0.922. The summed E-state index contributed by atoms with van der Waals surface area (Å²) in [6.45, 7) is 1.96. The number of benzene rings is 1. The molecule has 0 radical (unpaired) electrons. The van der Waals surface area contributed by atoms with Gasteiger partial charge in [-0.05, 0) is 18.2 Å². The average Bonchev–Trinajstić information content (AvgIpc) is 2.77. The van der Waals surface area contributed by atoms with Crippen LogP contribution < -0.4 is 0 Å². The highest BCUT2D eigenvalue weighted by Crippen LogP contribution is 2.25. The van der Waals surface area contributed by atoms with Crippen LogP contribution in [-0.4, -0.2) is 16.7 Å². The van der Waals surface area contributed by atoms with Gasteiger partial charge in [0.15, 0.2) is 0 Å². The van der Waals surface area contributed by atoms with Gasteiger partial charge in [0.05, 0.1) is 12.8 Å². The van der Waals surface area contributed by atoms with Crippen molar-refractivity contribution in [3.63, 3.8) is 0 Å². The molecule has 0 saturated heterocycles. The zero-order chi connectivity index (χ0) is 11.5. The monoisotopic (exact) mass is 281 g/mol. The first-order chi connectivity index (χ1) is 7.70. The van der Waals surface area contributed by atoms with Crippen molar-refractivity contribution in [3.05, 3.63) is 40.7 Å². The molecule has 2 aromatic rings. The molecule has 0 aliphatic heterocycles. The molecule has 1 heterocycles. The first-order valence-corrected chi connectivity index (χ1v) is 5.82. The van der Waals surface area contributed by atoms with Crippen LogP contribution in [0.1, 0.15) is 18.6 Å². The molecule has 1 unspecified atom stereocenters. The summed E-state index contributed by atoms with van der Waals surface area (Å²) in [6.07, 6.45) is 1.66. The molecule has 0 amide bonds. The molecule has 0 aliphatic rings. The molecule has 3 nitrogen and oxygen atoms in total. The van der Waals surface area contributed by atoms with Crippen LogP contribution in [0, 0.1) is 0 Å². The second-order valence-corrected chi connectivity index (χ2v) is 4.58. The third kappa shape index (κ3) is 2.33. The third-order valence-corrected chi connectivity index (χ3v) is 2.85. The molecular weight excluding hydrogens is 270 g/mol. The fraction of sp³-hybridized carbons (Fsp3) is 0.250. The Balaban J connectivity index is 2.31. The van der Waals surface area contributed by atoms with E-state index in [0.717, 1.165) is 10.0 Å². The zero-order valence-corrected chi connectivity index (χ0v) is 10.4. The maximum atomic E-state index is 9.02. The molecular formula is C12H12BrNO2. The van der Waals surface area contributed by atoms with E-state index in [1.165, 1.54) is 0 Å². The van der Waals surface area contributed by atoms with Gasteiger partial charge in [0.25, 0.3) is 0 Å². The van der Waals surface area contributed by atoms with Gasteiger partial charge in [-0.3, -0.25) is 0 Å². The maximum absolute atomic E-state index is 9.02. The van der Waals surface area contributed by atoms with Crippen molar-refractivity contribution in [1.82, 2.24) is 4.98 Å². The smallest absolute Gasteiger partial charge is 0.226 e. The zero-order valence-electron chi connectivity index (χ0n) is 8.85. The second kappa shape index (κ2) is 4.80. The van der Waals surface area contributed by atoms with Crippen molar-refractivity contribution in [2.24, 2.45) is 0 Å². The number of oxazole rings is 1. The molecule has 4 heteroatoms. The minimum Gasteiger partial charge on any atom is -0.441 e. The van der Waals surface area contributed by atoms with Crippen molar-refractivity contribution >= 4 is 15.9 Å². The quantitative estimate of drug-likeness (QED) is 0.940. The average molecular weight is 282 g/mol. The number of rotatable bonds is 3. The van der Waals surface area contributed by atoms with Crippen molar-refractivity contribution in [2.75, 3.05) is 6.61 Å². The normalized spacial score (nSPS) is 12.7. The number of aliphatic hydroxyl groups excluding tert-OH is 1. The van der Waals surface area contributed by atoms with Gasteiger partial charge in [0, 0.05) is 16.0 Å². The summed E-state index contributed by atoms with van der Waals surface area (Å²) in [7, 11) is 0. The predicted molar refractivity (Wildman–Crippen MR) is 65.1 cm³/mol. The SMILES string of the molecule is CC(CO)c1cnc(-c2cccc(Br)c2)o1. The summed E-state index contributed by atoms with van der Waals surface area (Å²) in [5.74, 6) is 1.27. The second-order valence-electron chi connectivity index (χ2n) is 3.66. The van der Waals surface area contributed by atoms with E-state index in [4.69, 9.17) is 9.52 Å². The molecule has 0 fully saturated rings. The Labute approximate surface area is 102 Å². The van der Waals surface area contributed by atoms with Crippen LogP contribution in [0.3, 0.4) is 0 Å². The molecule has 84 valence electrons. The molecule has 1 aromatic carbocycles. The number of halogens is 1. The Bertz CT molecular complexity index is 481. The van der Waals surface area contributed by atoms with Crippen molar-refractivity contribution in [2.45, 2.75) is 12.8 Å². The van der Waals surface area contributed by atoms with Crippen LogP contribution in [0.4, 0.5) is 0 Å². The van der Waals surface area contributed by atoms with Gasteiger partial charge < -0.3 is 9.52 Å². The van der Waals surface area contributed by atoms with E-state index in [9.17, 15) is 0 Å². The summed E-state index contributed by atoms with van der Waals surface area (Å²) in [5, 5.41) is 9.02. The van der Waals surface area contributed by atoms with Crippen molar-refractivity contribution < 1.29 is 9.52 Å². The first-order valence-electron chi connectivity index (χ1n) is 5.03. The largest absolute Gasteiger partial charge is 0.441 e. The number of aliphatic hydroxyl groups is 1. The highest BCUT2D eigenvalue weighted by atomic mass is 79.9. The Hall–Kier alpha value is -1.13. The lowest BCUT2D eigenvalue weighted by molar-refractivity contribution is 0.258. The van der Waals surface area contributed by atoms with Gasteiger partial charge in [0.1, 0.15) is 5.76 Å². The van der Waals surface area contributed by atoms with E-state index in [2.05, 4.69) is 20.9 Å². The summed E-state index contributed by atoms with van der Waals surface area (Å²) in [4.78, 5) is 4.20. The lowest BCUT2D eigenvalue weighted by atomic mass is 10.1. The molecule has 1 aromatic heterocycles. The van der Waals surface area contributed by atoms with Gasteiger partial charge in [0.2, 0.25) is 5.89 Å². The highest BCUT2D eigenvalue weighted by molar-refractivity contribution is 9.10. The molecule has 1 atom stereocenters. The number of hydrogen-bond acceptors (Lipinski definition) is 3. The molecule has 0 aliphatic carbocycles. The third-order valence-electron chi connectivity index (χ3n) is 2.35. The molecule has 0 saturated carbocycles. The van der Waals surface area contributed by atoms with Crippen LogP contribution in [0.5, 0.6) is 0 Å². The van der Waals surface area contributed by atoms with E-state index in [1.807, 2.05) is 31.2 Å². The fourth-order valence-corrected chi connectivity index (χ4v) is 1.76. The minimum atomic E-state index is -0.0200. The van der Waals surface area contributed by atoms with Gasteiger partial charge in [-0.25, -0.2) is 4.98 Å². The van der Waals surface area contributed by atoms with E-state index >= 15 is 0 Å². The van der Waals surface area contributed by atoms with Gasteiger partial charge in [-0.15, -0.1) is 0 Å². The van der Waals surface area contributed by atoms with Crippen LogP contribution in [0.15, 0.2) is 39.4 Å². The number of aromatic nitrogens is 1. The topological polar surface area (TPSA) is 46.3 Å². The molecule has 2 rings (SSSR count). The van der Waals surface area contributed by atoms with Crippen molar-refractivity contribution in [3.8, 4) is 11.5 Å². The first kappa shape index (κ1) is 11.4. The minimum absolute atomic E-state index is 0.0200. The van der Waals surface area contributed by atoms with Gasteiger partial charge in [-0.1, -0.05) is 28.9 Å². The summed E-state index contributed by atoms with van der Waals surface area (Å²) >= 11 is 3.40. The van der Waals surface area contributed by atoms with Crippen molar-refractivity contribution in [1.29, 1.82) is 0 Å². The van der Waals surface area contributed by atoms with Crippen LogP contribution in [0.2, 0.25) is 0 Å². The Morgan fingerprint density at radius 1 is 1.50 bits per heavy atom. The number of hydrogen-bond donors (Lipinski definition) is 1. The summed E-state index contributed by atoms with van der Waals surface area (Å²) in [6, 6.07) is 7.76. The van der Waals surface area contributed by atoms with E-state index in [0.29, 0.717) is 11.7 Å². The highest BCUT2D eigenvalue weighted by Gasteiger charge is 2.11. The van der Waals surface area contributed by atoms with Crippen LogP contribution in [-0.2, 0) is 0 Å². The molecule has 16 heavy (non-hydrogen) atoms. The van der Waals surface area contributed by atoms with Crippen LogP contribution in [0.25, 0.3) is 11.5 Å².